The van der Waals surface area contributed by atoms with Crippen LogP contribution in [-0.4, -0.2) is 16.4 Å². The van der Waals surface area contributed by atoms with E-state index in [0.717, 1.165) is 4.57 Å². The number of nitrogens with zero attached hydrogens (tertiary/aromatic N) is 1. The number of halogens is 1. The molecule has 1 fully saturated rings. The Balaban J connectivity index is 2.16. The predicted octanol–water partition coefficient (Wildman–Crippen LogP) is 1.83. The van der Waals surface area contributed by atoms with E-state index in [9.17, 15) is 18.8 Å². The van der Waals surface area contributed by atoms with Crippen LogP contribution in [0.4, 0.5) is 4.39 Å². The first-order valence-electron chi connectivity index (χ1n) is 7.06. The van der Waals surface area contributed by atoms with Crippen LogP contribution in [0.2, 0.25) is 0 Å². The summed E-state index contributed by atoms with van der Waals surface area (Å²) in [7, 11) is 0. The predicted molar refractivity (Wildman–Crippen MR) is 75.9 cm³/mol. The highest BCUT2D eigenvalue weighted by atomic mass is 19.1. The maximum absolute atomic E-state index is 14.2. The molecule has 1 unspecified atom stereocenters. The zero-order valence-corrected chi connectivity index (χ0v) is 12.2. The third-order valence-electron chi connectivity index (χ3n) is 3.88. The van der Waals surface area contributed by atoms with Crippen molar-refractivity contribution in [3.63, 3.8) is 0 Å². The second-order valence-corrected chi connectivity index (χ2v) is 5.70. The summed E-state index contributed by atoms with van der Waals surface area (Å²) in [5.41, 5.74) is 0.901. The Morgan fingerprint density at radius 3 is 2.68 bits per heavy atom. The minimum Gasteiger partial charge on any atom is -0.408 e. The van der Waals surface area contributed by atoms with E-state index in [2.05, 4.69) is 5.32 Å². The van der Waals surface area contributed by atoms with Gasteiger partial charge in [-0.2, -0.15) is 0 Å². The molecular weight excluding hydrogens is 291 g/mol. The Kier molecular flexibility index (Phi) is 3.35. The van der Waals surface area contributed by atoms with E-state index in [1.54, 1.807) is 0 Å². The number of carbonyl (C=O) groups excluding carboxylic acids is 2. The minimum absolute atomic E-state index is 0.0614. The summed E-state index contributed by atoms with van der Waals surface area (Å²) >= 11 is 0. The molecule has 2 heterocycles. The summed E-state index contributed by atoms with van der Waals surface area (Å²) < 4.78 is 20.4. The molecule has 0 aliphatic carbocycles. The fourth-order valence-electron chi connectivity index (χ4n) is 2.74. The number of imide groups is 1. The third kappa shape index (κ3) is 2.22. The van der Waals surface area contributed by atoms with Crippen LogP contribution < -0.4 is 11.1 Å². The van der Waals surface area contributed by atoms with Gasteiger partial charge in [-0.1, -0.05) is 13.8 Å². The second-order valence-electron chi connectivity index (χ2n) is 5.70. The van der Waals surface area contributed by atoms with Crippen molar-refractivity contribution in [2.75, 3.05) is 0 Å². The molecule has 1 aromatic carbocycles. The van der Waals surface area contributed by atoms with E-state index in [1.165, 1.54) is 12.1 Å². The molecule has 22 heavy (non-hydrogen) atoms. The quantitative estimate of drug-likeness (QED) is 0.858. The smallest absolute Gasteiger partial charge is 0.408 e. The summed E-state index contributed by atoms with van der Waals surface area (Å²) in [6.07, 6.45) is 0.314. The molecule has 1 aromatic heterocycles. The number of benzene rings is 1. The molecule has 0 radical (unpaired) electrons. The lowest BCUT2D eigenvalue weighted by Crippen LogP contribution is -2.43. The maximum Gasteiger partial charge on any atom is 0.420 e. The second kappa shape index (κ2) is 5.08. The average Bonchev–Trinajstić information content (AvgIpc) is 2.73. The van der Waals surface area contributed by atoms with Crippen LogP contribution in [0.3, 0.4) is 0 Å². The van der Waals surface area contributed by atoms with Crippen molar-refractivity contribution in [1.29, 1.82) is 0 Å². The number of aromatic nitrogens is 1. The molecule has 0 saturated carbocycles. The molecule has 2 amide bonds. The molecule has 1 N–H and O–H groups in total. The van der Waals surface area contributed by atoms with Crippen LogP contribution in [0.25, 0.3) is 11.1 Å². The van der Waals surface area contributed by atoms with E-state index >= 15 is 0 Å². The van der Waals surface area contributed by atoms with Crippen LogP contribution in [0.5, 0.6) is 0 Å². The Labute approximate surface area is 124 Å². The van der Waals surface area contributed by atoms with E-state index < -0.39 is 23.5 Å². The molecule has 1 saturated heterocycles. The zero-order chi connectivity index (χ0) is 16.0. The molecule has 2 aromatic rings. The number of hydrogen-bond donors (Lipinski definition) is 1. The highest BCUT2D eigenvalue weighted by Crippen LogP contribution is 2.27. The summed E-state index contributed by atoms with van der Waals surface area (Å²) in [5, 5.41) is 2.18. The van der Waals surface area contributed by atoms with E-state index in [-0.39, 0.29) is 35.8 Å². The van der Waals surface area contributed by atoms with Gasteiger partial charge in [0.15, 0.2) is 5.58 Å². The number of piperidine rings is 1. The molecule has 3 rings (SSSR count). The van der Waals surface area contributed by atoms with Crippen LogP contribution in [-0.2, 0) is 9.59 Å². The van der Waals surface area contributed by atoms with Gasteiger partial charge >= 0.3 is 5.76 Å². The zero-order valence-electron chi connectivity index (χ0n) is 12.2. The Bertz CT molecular complexity index is 834. The average molecular weight is 306 g/mol. The number of carbonyl (C=O) groups is 2. The van der Waals surface area contributed by atoms with Gasteiger partial charge in [-0.25, -0.2) is 9.18 Å². The Morgan fingerprint density at radius 1 is 1.32 bits per heavy atom. The normalized spacial score (nSPS) is 19.0. The first kappa shape index (κ1) is 14.5. The lowest BCUT2D eigenvalue weighted by atomic mass is 10.0. The SMILES string of the molecule is CC(C)c1cc2oc(=O)n(C3CCC(=O)NC3=O)c2cc1F. The highest BCUT2D eigenvalue weighted by Gasteiger charge is 2.31. The van der Waals surface area contributed by atoms with Crippen molar-refractivity contribution < 1.29 is 18.4 Å². The van der Waals surface area contributed by atoms with Crippen molar-refractivity contribution in [3.8, 4) is 0 Å². The van der Waals surface area contributed by atoms with Crippen LogP contribution in [0, 0.1) is 5.82 Å². The summed E-state index contributed by atoms with van der Waals surface area (Å²) in [6.45, 7) is 3.67. The minimum atomic E-state index is -0.865. The molecule has 1 aliphatic rings. The summed E-state index contributed by atoms with van der Waals surface area (Å²) in [6, 6.07) is 1.83. The molecular formula is C15H15FN2O4. The molecule has 0 spiro atoms. The largest absolute Gasteiger partial charge is 0.420 e. The van der Waals surface area contributed by atoms with Gasteiger partial charge in [0.1, 0.15) is 11.9 Å². The van der Waals surface area contributed by atoms with Crippen molar-refractivity contribution in [2.24, 2.45) is 0 Å². The molecule has 116 valence electrons. The maximum atomic E-state index is 14.2. The van der Waals surface area contributed by atoms with E-state index in [1.807, 2.05) is 13.8 Å². The molecule has 6 nitrogen and oxygen atoms in total. The van der Waals surface area contributed by atoms with E-state index in [4.69, 9.17) is 4.42 Å². The van der Waals surface area contributed by atoms with E-state index in [0.29, 0.717) is 5.56 Å². The van der Waals surface area contributed by atoms with Crippen molar-refractivity contribution in [2.45, 2.75) is 38.6 Å². The van der Waals surface area contributed by atoms with Crippen molar-refractivity contribution in [1.82, 2.24) is 9.88 Å². The number of fused-ring (bicyclic) bond motifs is 1. The lowest BCUT2D eigenvalue weighted by Gasteiger charge is -2.21. The highest BCUT2D eigenvalue weighted by molar-refractivity contribution is 6.00. The summed E-state index contributed by atoms with van der Waals surface area (Å²) in [4.78, 5) is 35.2. The van der Waals surface area contributed by atoms with Crippen molar-refractivity contribution in [3.05, 3.63) is 34.1 Å². The monoisotopic (exact) mass is 306 g/mol. The molecule has 0 bridgehead atoms. The Hall–Kier alpha value is -2.44. The van der Waals surface area contributed by atoms with Gasteiger partial charge in [-0.05, 0) is 24.0 Å². The van der Waals surface area contributed by atoms with Gasteiger partial charge in [0.05, 0.1) is 5.52 Å². The number of nitrogens with one attached hydrogen (secondary N) is 1. The molecule has 1 aliphatic heterocycles. The number of hydrogen-bond acceptors (Lipinski definition) is 4. The topological polar surface area (TPSA) is 81.3 Å². The van der Waals surface area contributed by atoms with Crippen LogP contribution in [0.1, 0.15) is 44.2 Å². The molecule has 1 atom stereocenters. The van der Waals surface area contributed by atoms with Gasteiger partial charge in [0.2, 0.25) is 11.8 Å². The van der Waals surface area contributed by atoms with Gasteiger partial charge in [0.25, 0.3) is 0 Å². The van der Waals surface area contributed by atoms with Gasteiger partial charge in [-0.15, -0.1) is 0 Å². The van der Waals surface area contributed by atoms with Gasteiger partial charge < -0.3 is 4.42 Å². The first-order chi connectivity index (χ1) is 10.4. The number of amides is 2. The van der Waals surface area contributed by atoms with Gasteiger partial charge in [-0.3, -0.25) is 19.5 Å². The molecule has 7 heteroatoms. The fourth-order valence-corrected chi connectivity index (χ4v) is 2.74. The standard InChI is InChI=1S/C15H15FN2O4/c1-7(2)8-5-12-11(6-9(8)16)18(15(21)22-12)10-3-4-13(19)17-14(10)20/h5-7,10H,3-4H2,1-2H3,(H,17,19,20). The lowest BCUT2D eigenvalue weighted by molar-refractivity contribution is -0.135. The van der Waals surface area contributed by atoms with Crippen LogP contribution in [0.15, 0.2) is 21.3 Å². The van der Waals surface area contributed by atoms with Crippen molar-refractivity contribution >= 4 is 22.9 Å². The summed E-state index contributed by atoms with van der Waals surface area (Å²) in [5.74, 6) is -2.20. The number of rotatable bonds is 2. The van der Waals surface area contributed by atoms with Gasteiger partial charge in [0, 0.05) is 12.5 Å². The Morgan fingerprint density at radius 2 is 2.05 bits per heavy atom. The van der Waals surface area contributed by atoms with Crippen LogP contribution >= 0.6 is 0 Å². The third-order valence-corrected chi connectivity index (χ3v) is 3.88. The fraction of sp³-hybridized carbons (Fsp3) is 0.400. The first-order valence-corrected chi connectivity index (χ1v) is 7.06. The number of oxazole rings is 1.